The quantitative estimate of drug-likeness (QED) is 0.868. The molecule has 0 saturated heterocycles. The second-order valence-electron chi connectivity index (χ2n) is 4.07. The summed E-state index contributed by atoms with van der Waals surface area (Å²) in [5.41, 5.74) is 0.860. The van der Waals surface area contributed by atoms with E-state index in [4.69, 9.17) is 23.2 Å². The Morgan fingerprint density at radius 1 is 1.28 bits per heavy atom. The van der Waals surface area contributed by atoms with Crippen molar-refractivity contribution in [3.05, 3.63) is 34.4 Å². The molecule has 1 heterocycles. The number of hydrogen-bond acceptors (Lipinski definition) is 2. The zero-order valence-corrected chi connectivity index (χ0v) is 12.2. The van der Waals surface area contributed by atoms with Gasteiger partial charge in [0.1, 0.15) is 0 Å². The fraction of sp³-hybridized carbons (Fsp3) is 0.333. The molecule has 2 rings (SSSR count). The van der Waals surface area contributed by atoms with Gasteiger partial charge in [0.25, 0.3) is 0 Å². The minimum atomic E-state index is -2.97. The monoisotopic (exact) mass is 305 g/mol. The van der Waals surface area contributed by atoms with E-state index in [0.29, 0.717) is 16.6 Å². The maximum Gasteiger partial charge on any atom is 0.151 e. The molecule has 0 aliphatic rings. The highest BCUT2D eigenvalue weighted by Gasteiger charge is 2.10. The first-order valence-corrected chi connectivity index (χ1v) is 8.15. The van der Waals surface area contributed by atoms with E-state index in [2.05, 4.69) is 0 Å². The standard InChI is InChI=1S/C12H13Cl2NO2S/c1-2-18(16,17)6-5-15-4-3-10-11(14)7-9(13)8-12(10)15/h3-4,7-8H,2,5-6H2,1H3. The zero-order valence-electron chi connectivity index (χ0n) is 9.86. The third kappa shape index (κ3) is 2.82. The van der Waals surface area contributed by atoms with Crippen LogP contribution in [0, 0.1) is 0 Å². The van der Waals surface area contributed by atoms with E-state index in [-0.39, 0.29) is 11.5 Å². The average molecular weight is 306 g/mol. The molecule has 0 aliphatic heterocycles. The molecule has 0 saturated carbocycles. The molecule has 0 fully saturated rings. The van der Waals surface area contributed by atoms with Crippen molar-refractivity contribution >= 4 is 43.9 Å². The van der Waals surface area contributed by atoms with Crippen molar-refractivity contribution in [2.75, 3.05) is 11.5 Å². The van der Waals surface area contributed by atoms with Crippen molar-refractivity contribution in [3.8, 4) is 0 Å². The van der Waals surface area contributed by atoms with Crippen LogP contribution in [0.2, 0.25) is 10.0 Å². The SMILES string of the molecule is CCS(=O)(=O)CCn1ccc2c(Cl)cc(Cl)cc21. The van der Waals surface area contributed by atoms with E-state index in [9.17, 15) is 8.42 Å². The lowest BCUT2D eigenvalue weighted by molar-refractivity contribution is 0.591. The largest absolute Gasteiger partial charge is 0.346 e. The number of nitrogens with zero attached hydrogens (tertiary/aromatic N) is 1. The molecule has 1 aromatic carbocycles. The van der Waals surface area contributed by atoms with Gasteiger partial charge in [-0.15, -0.1) is 0 Å². The zero-order chi connectivity index (χ0) is 13.3. The first kappa shape index (κ1) is 13.7. The molecule has 0 aliphatic carbocycles. The van der Waals surface area contributed by atoms with Crippen LogP contribution in [0.4, 0.5) is 0 Å². The summed E-state index contributed by atoms with van der Waals surface area (Å²) in [5.74, 6) is 0.283. The second kappa shape index (κ2) is 5.11. The van der Waals surface area contributed by atoms with Crippen LogP contribution in [0.1, 0.15) is 6.92 Å². The third-order valence-electron chi connectivity index (χ3n) is 2.89. The normalized spacial score (nSPS) is 12.2. The number of hydrogen-bond donors (Lipinski definition) is 0. The topological polar surface area (TPSA) is 39.1 Å². The number of halogens is 2. The van der Waals surface area contributed by atoms with Gasteiger partial charge in [0.15, 0.2) is 9.84 Å². The van der Waals surface area contributed by atoms with E-state index >= 15 is 0 Å². The third-order valence-corrected chi connectivity index (χ3v) is 5.10. The molecule has 6 heteroatoms. The Morgan fingerprint density at radius 3 is 2.67 bits per heavy atom. The van der Waals surface area contributed by atoms with Gasteiger partial charge in [-0.1, -0.05) is 30.1 Å². The van der Waals surface area contributed by atoms with Gasteiger partial charge < -0.3 is 4.57 Å². The molecule has 18 heavy (non-hydrogen) atoms. The maximum absolute atomic E-state index is 11.5. The summed E-state index contributed by atoms with van der Waals surface area (Å²) in [7, 11) is -2.97. The van der Waals surface area contributed by atoms with Crippen LogP contribution in [0.25, 0.3) is 10.9 Å². The molecular formula is C12H13Cl2NO2S. The Labute approximate surface area is 116 Å². The molecular weight excluding hydrogens is 293 g/mol. The van der Waals surface area contributed by atoms with Gasteiger partial charge in [0.2, 0.25) is 0 Å². The highest BCUT2D eigenvalue weighted by molar-refractivity contribution is 7.91. The van der Waals surface area contributed by atoms with Gasteiger partial charge in [0.05, 0.1) is 16.3 Å². The summed E-state index contributed by atoms with van der Waals surface area (Å²) in [6, 6.07) is 5.34. The first-order valence-electron chi connectivity index (χ1n) is 5.57. The van der Waals surface area contributed by atoms with Gasteiger partial charge >= 0.3 is 0 Å². The average Bonchev–Trinajstić information content (AvgIpc) is 2.70. The number of sulfone groups is 1. The summed E-state index contributed by atoms with van der Waals surface area (Å²) in [6.45, 7) is 2.06. The molecule has 98 valence electrons. The van der Waals surface area contributed by atoms with Crippen molar-refractivity contribution in [1.29, 1.82) is 0 Å². The number of rotatable bonds is 4. The molecule has 0 unspecified atom stereocenters. The summed E-state index contributed by atoms with van der Waals surface area (Å²) in [6.07, 6.45) is 1.83. The molecule has 0 atom stereocenters. The van der Waals surface area contributed by atoms with Crippen molar-refractivity contribution in [2.24, 2.45) is 0 Å². The van der Waals surface area contributed by atoms with Gasteiger partial charge in [-0.05, 0) is 18.2 Å². The van der Waals surface area contributed by atoms with Crippen LogP contribution in [0.5, 0.6) is 0 Å². The van der Waals surface area contributed by atoms with Crippen molar-refractivity contribution < 1.29 is 8.42 Å². The highest BCUT2D eigenvalue weighted by atomic mass is 35.5. The van der Waals surface area contributed by atoms with E-state index in [0.717, 1.165) is 10.9 Å². The Balaban J connectivity index is 2.35. The van der Waals surface area contributed by atoms with E-state index in [1.807, 2.05) is 16.8 Å². The minimum Gasteiger partial charge on any atom is -0.346 e. The number of benzene rings is 1. The van der Waals surface area contributed by atoms with Crippen molar-refractivity contribution in [1.82, 2.24) is 4.57 Å². The highest BCUT2D eigenvalue weighted by Crippen LogP contribution is 2.28. The predicted molar refractivity (Wildman–Crippen MR) is 76.3 cm³/mol. The lowest BCUT2D eigenvalue weighted by Crippen LogP contribution is -2.14. The Morgan fingerprint density at radius 2 is 2.00 bits per heavy atom. The molecule has 0 amide bonds. The maximum atomic E-state index is 11.5. The number of fused-ring (bicyclic) bond motifs is 1. The molecule has 0 bridgehead atoms. The fourth-order valence-electron chi connectivity index (χ4n) is 1.80. The van der Waals surface area contributed by atoms with E-state index < -0.39 is 9.84 Å². The van der Waals surface area contributed by atoms with Crippen LogP contribution < -0.4 is 0 Å². The van der Waals surface area contributed by atoms with E-state index in [1.54, 1.807) is 19.1 Å². The molecule has 3 nitrogen and oxygen atoms in total. The second-order valence-corrected chi connectivity index (χ2v) is 7.38. The van der Waals surface area contributed by atoms with E-state index in [1.165, 1.54) is 0 Å². The van der Waals surface area contributed by atoms with Crippen LogP contribution in [-0.2, 0) is 16.4 Å². The Kier molecular flexibility index (Phi) is 3.90. The molecule has 0 spiro atoms. The van der Waals surface area contributed by atoms with Gasteiger partial charge in [-0.3, -0.25) is 0 Å². The molecule has 1 aromatic heterocycles. The first-order chi connectivity index (χ1) is 8.43. The summed E-state index contributed by atoms with van der Waals surface area (Å²) in [5, 5.41) is 2.01. The lowest BCUT2D eigenvalue weighted by atomic mass is 10.2. The van der Waals surface area contributed by atoms with Crippen LogP contribution in [0.15, 0.2) is 24.4 Å². The van der Waals surface area contributed by atoms with Gasteiger partial charge in [-0.2, -0.15) is 0 Å². The summed E-state index contributed by atoms with van der Waals surface area (Å²) >= 11 is 12.0. The Bertz CT molecular complexity index is 677. The predicted octanol–water partition coefficient (Wildman–Crippen LogP) is 3.38. The Hall–Kier alpha value is -0.710. The molecule has 0 N–H and O–H groups in total. The minimum absolute atomic E-state index is 0.122. The van der Waals surface area contributed by atoms with Crippen molar-refractivity contribution in [2.45, 2.75) is 13.5 Å². The fourth-order valence-corrected chi connectivity index (χ4v) is 3.10. The smallest absolute Gasteiger partial charge is 0.151 e. The number of aryl methyl sites for hydroxylation is 1. The molecule has 0 radical (unpaired) electrons. The van der Waals surface area contributed by atoms with Crippen LogP contribution >= 0.6 is 23.2 Å². The van der Waals surface area contributed by atoms with Gasteiger partial charge in [-0.25, -0.2) is 8.42 Å². The van der Waals surface area contributed by atoms with Crippen LogP contribution in [0.3, 0.4) is 0 Å². The van der Waals surface area contributed by atoms with Crippen LogP contribution in [-0.4, -0.2) is 24.5 Å². The summed E-state index contributed by atoms with van der Waals surface area (Å²) in [4.78, 5) is 0. The number of aromatic nitrogens is 1. The lowest BCUT2D eigenvalue weighted by Gasteiger charge is -2.06. The summed E-state index contributed by atoms with van der Waals surface area (Å²) < 4.78 is 24.9. The van der Waals surface area contributed by atoms with Gasteiger partial charge in [0, 0.05) is 28.9 Å². The molecule has 2 aromatic rings. The van der Waals surface area contributed by atoms with Crippen molar-refractivity contribution in [3.63, 3.8) is 0 Å².